The number of fused-ring (bicyclic) bond motifs is 1. The van der Waals surface area contributed by atoms with Crippen LogP contribution in [-0.2, 0) is 6.54 Å². The van der Waals surface area contributed by atoms with Crippen LogP contribution in [0.2, 0.25) is 0 Å². The molecule has 0 saturated carbocycles. The summed E-state index contributed by atoms with van der Waals surface area (Å²) in [5.74, 6) is -0.227. The first-order valence-electron chi connectivity index (χ1n) is 6.52. The first-order chi connectivity index (χ1) is 9.56. The van der Waals surface area contributed by atoms with Gasteiger partial charge < -0.3 is 5.73 Å². The van der Waals surface area contributed by atoms with Gasteiger partial charge in [-0.15, -0.1) is 0 Å². The first-order valence-corrected chi connectivity index (χ1v) is 6.52. The van der Waals surface area contributed by atoms with Crippen LogP contribution in [0.5, 0.6) is 0 Å². The van der Waals surface area contributed by atoms with Gasteiger partial charge in [-0.25, -0.2) is 4.39 Å². The fourth-order valence-electron chi connectivity index (χ4n) is 2.53. The second-order valence-corrected chi connectivity index (χ2v) is 5.10. The molecule has 4 heteroatoms. The lowest BCUT2D eigenvalue weighted by molar-refractivity contribution is 0.625. The van der Waals surface area contributed by atoms with Gasteiger partial charge >= 0.3 is 0 Å². The molecule has 0 saturated heterocycles. The van der Waals surface area contributed by atoms with Gasteiger partial charge in [0.05, 0.1) is 18.3 Å². The lowest BCUT2D eigenvalue weighted by Crippen LogP contribution is -2.04. The molecular formula is C16H16FN3. The molecule has 0 radical (unpaired) electrons. The normalized spacial score (nSPS) is 11.2. The van der Waals surface area contributed by atoms with Gasteiger partial charge in [0.25, 0.3) is 0 Å². The van der Waals surface area contributed by atoms with Crippen LogP contribution in [-0.4, -0.2) is 9.78 Å². The summed E-state index contributed by atoms with van der Waals surface area (Å²) in [6.07, 6.45) is 1.85. The molecule has 1 aromatic heterocycles. The topological polar surface area (TPSA) is 43.8 Å². The maximum Gasteiger partial charge on any atom is 0.123 e. The van der Waals surface area contributed by atoms with Gasteiger partial charge in [0.2, 0.25) is 0 Å². The Morgan fingerprint density at radius 3 is 2.60 bits per heavy atom. The van der Waals surface area contributed by atoms with Gasteiger partial charge in [-0.3, -0.25) is 4.68 Å². The SMILES string of the molecule is Cc1cc2cnn(Cc3ccc(F)cc3)c2c(C)c1N. The predicted molar refractivity (Wildman–Crippen MR) is 79.1 cm³/mol. The highest BCUT2D eigenvalue weighted by atomic mass is 19.1. The standard InChI is InChI=1S/C16H16FN3/c1-10-7-13-8-19-20(16(13)11(2)15(10)18)9-12-3-5-14(17)6-4-12/h3-8H,9,18H2,1-2H3. The van der Waals surface area contributed by atoms with Crippen molar-refractivity contribution in [2.45, 2.75) is 20.4 Å². The van der Waals surface area contributed by atoms with Crippen LogP contribution in [0.4, 0.5) is 10.1 Å². The number of nitrogens with zero attached hydrogens (tertiary/aromatic N) is 2. The van der Waals surface area contributed by atoms with E-state index in [-0.39, 0.29) is 5.82 Å². The third-order valence-corrected chi connectivity index (χ3v) is 3.67. The average Bonchev–Trinajstić information content (AvgIpc) is 2.82. The number of nitrogens with two attached hydrogens (primary N) is 1. The smallest absolute Gasteiger partial charge is 0.123 e. The highest BCUT2D eigenvalue weighted by Crippen LogP contribution is 2.27. The third-order valence-electron chi connectivity index (χ3n) is 3.67. The zero-order valence-electron chi connectivity index (χ0n) is 11.5. The minimum atomic E-state index is -0.227. The molecule has 20 heavy (non-hydrogen) atoms. The molecule has 0 unspecified atom stereocenters. The largest absolute Gasteiger partial charge is 0.398 e. The van der Waals surface area contributed by atoms with Crippen LogP contribution in [0.1, 0.15) is 16.7 Å². The number of rotatable bonds is 2. The Bertz CT molecular complexity index is 773. The fraction of sp³-hybridized carbons (Fsp3) is 0.188. The number of hydrogen-bond donors (Lipinski definition) is 1. The van der Waals surface area contributed by atoms with Gasteiger partial charge in [0.15, 0.2) is 0 Å². The molecule has 2 aromatic carbocycles. The van der Waals surface area contributed by atoms with Crippen LogP contribution in [0, 0.1) is 19.7 Å². The molecule has 3 rings (SSSR count). The maximum atomic E-state index is 12.9. The van der Waals surface area contributed by atoms with E-state index in [2.05, 4.69) is 5.10 Å². The summed E-state index contributed by atoms with van der Waals surface area (Å²) in [6, 6.07) is 8.52. The third kappa shape index (κ3) is 2.03. The summed E-state index contributed by atoms with van der Waals surface area (Å²) in [7, 11) is 0. The van der Waals surface area contributed by atoms with Gasteiger partial charge in [-0.1, -0.05) is 12.1 Å². The number of nitrogen functional groups attached to an aromatic ring is 1. The zero-order chi connectivity index (χ0) is 14.3. The Labute approximate surface area is 116 Å². The molecule has 0 aliphatic rings. The highest BCUT2D eigenvalue weighted by Gasteiger charge is 2.10. The van der Waals surface area contributed by atoms with E-state index in [1.807, 2.05) is 30.8 Å². The zero-order valence-corrected chi connectivity index (χ0v) is 11.5. The fourth-order valence-corrected chi connectivity index (χ4v) is 2.53. The Kier molecular flexibility index (Phi) is 2.93. The van der Waals surface area contributed by atoms with Crippen LogP contribution < -0.4 is 5.73 Å². The van der Waals surface area contributed by atoms with Crippen molar-refractivity contribution in [3.05, 3.63) is 59.0 Å². The number of aromatic nitrogens is 2. The minimum absolute atomic E-state index is 0.227. The van der Waals surface area contributed by atoms with Crippen molar-refractivity contribution < 1.29 is 4.39 Å². The lowest BCUT2D eigenvalue weighted by Gasteiger charge is -2.10. The van der Waals surface area contributed by atoms with E-state index >= 15 is 0 Å². The summed E-state index contributed by atoms with van der Waals surface area (Å²) < 4.78 is 14.9. The summed E-state index contributed by atoms with van der Waals surface area (Å²) in [6.45, 7) is 4.61. The molecule has 0 atom stereocenters. The van der Waals surface area contributed by atoms with Crippen molar-refractivity contribution in [1.82, 2.24) is 9.78 Å². The molecule has 102 valence electrons. The molecule has 0 aliphatic carbocycles. The molecule has 0 aliphatic heterocycles. The first kappa shape index (κ1) is 12.7. The predicted octanol–water partition coefficient (Wildman–Crippen LogP) is 3.42. The highest BCUT2D eigenvalue weighted by molar-refractivity contribution is 5.87. The van der Waals surface area contributed by atoms with Gasteiger partial charge in [-0.2, -0.15) is 5.10 Å². The van der Waals surface area contributed by atoms with Gasteiger partial charge in [0.1, 0.15) is 5.82 Å². The Morgan fingerprint density at radius 1 is 1.20 bits per heavy atom. The Hall–Kier alpha value is -2.36. The lowest BCUT2D eigenvalue weighted by atomic mass is 10.1. The van der Waals surface area contributed by atoms with E-state index in [1.54, 1.807) is 12.1 Å². The van der Waals surface area contributed by atoms with Crippen molar-refractivity contribution in [1.29, 1.82) is 0 Å². The number of benzene rings is 2. The quantitative estimate of drug-likeness (QED) is 0.724. The van der Waals surface area contributed by atoms with Crippen LogP contribution in [0.15, 0.2) is 36.5 Å². The van der Waals surface area contributed by atoms with E-state index in [0.29, 0.717) is 6.54 Å². The van der Waals surface area contributed by atoms with E-state index in [9.17, 15) is 4.39 Å². The summed E-state index contributed by atoms with van der Waals surface area (Å²) >= 11 is 0. The van der Waals surface area contributed by atoms with Crippen molar-refractivity contribution in [2.75, 3.05) is 5.73 Å². The van der Waals surface area contributed by atoms with E-state index in [0.717, 1.165) is 33.3 Å². The molecule has 0 bridgehead atoms. The second-order valence-electron chi connectivity index (χ2n) is 5.10. The molecular weight excluding hydrogens is 253 g/mol. The van der Waals surface area contributed by atoms with E-state index in [4.69, 9.17) is 5.73 Å². The number of hydrogen-bond acceptors (Lipinski definition) is 2. The number of halogens is 1. The summed E-state index contributed by atoms with van der Waals surface area (Å²) in [4.78, 5) is 0. The van der Waals surface area contributed by atoms with Crippen molar-refractivity contribution in [3.63, 3.8) is 0 Å². The van der Waals surface area contributed by atoms with Crippen molar-refractivity contribution in [2.24, 2.45) is 0 Å². The van der Waals surface area contributed by atoms with Crippen molar-refractivity contribution in [3.8, 4) is 0 Å². The second kappa shape index (κ2) is 4.63. The summed E-state index contributed by atoms with van der Waals surface area (Å²) in [5, 5.41) is 5.50. The van der Waals surface area contributed by atoms with E-state index in [1.165, 1.54) is 12.1 Å². The monoisotopic (exact) mass is 269 g/mol. The molecule has 0 spiro atoms. The molecule has 3 nitrogen and oxygen atoms in total. The van der Waals surface area contributed by atoms with E-state index < -0.39 is 0 Å². The Balaban J connectivity index is 2.08. The number of anilines is 1. The average molecular weight is 269 g/mol. The molecule has 1 heterocycles. The van der Waals surface area contributed by atoms with Crippen LogP contribution in [0.25, 0.3) is 10.9 Å². The molecule has 2 N–H and O–H groups in total. The molecule has 0 amide bonds. The maximum absolute atomic E-state index is 12.9. The Morgan fingerprint density at radius 2 is 1.90 bits per heavy atom. The summed E-state index contributed by atoms with van der Waals surface area (Å²) in [5.41, 5.74) is 11.1. The van der Waals surface area contributed by atoms with Crippen molar-refractivity contribution >= 4 is 16.6 Å². The number of aryl methyl sites for hydroxylation is 2. The molecule has 3 aromatic rings. The van der Waals surface area contributed by atoms with Crippen LogP contribution >= 0.6 is 0 Å². The van der Waals surface area contributed by atoms with Crippen LogP contribution in [0.3, 0.4) is 0 Å². The molecule has 0 fully saturated rings. The van der Waals surface area contributed by atoms with Gasteiger partial charge in [0, 0.05) is 11.1 Å². The van der Waals surface area contributed by atoms with Gasteiger partial charge in [-0.05, 0) is 48.7 Å². The minimum Gasteiger partial charge on any atom is -0.398 e.